The second kappa shape index (κ2) is 8.68. The highest BCUT2D eigenvalue weighted by Crippen LogP contribution is 2.40. The van der Waals surface area contributed by atoms with Crippen LogP contribution in [0.15, 0.2) is 76.8 Å². The van der Waals surface area contributed by atoms with E-state index in [1.165, 1.54) is 11.8 Å². The fourth-order valence-electron chi connectivity index (χ4n) is 3.12. The van der Waals surface area contributed by atoms with Crippen LogP contribution in [-0.4, -0.2) is 23.3 Å². The molecule has 0 aliphatic carbocycles. The molecular weight excluding hydrogens is 406 g/mol. The topological polar surface area (TPSA) is 62.3 Å². The number of hydrogen-bond acceptors (Lipinski definition) is 4. The molecule has 2 aromatic carbocycles. The number of pyridine rings is 1. The molecule has 0 unspecified atom stereocenters. The molecule has 0 atom stereocenters. The van der Waals surface area contributed by atoms with E-state index in [4.69, 9.17) is 11.6 Å². The van der Waals surface area contributed by atoms with Crippen molar-refractivity contribution in [3.05, 3.63) is 83.0 Å². The molecule has 0 bridgehead atoms. The first-order valence-corrected chi connectivity index (χ1v) is 10.4. The molecule has 2 amide bonds. The number of fused-ring (bicyclic) bond motifs is 2. The predicted octanol–water partition coefficient (Wildman–Crippen LogP) is 4.55. The standard InChI is InChI=1S/C22H18ClN3O2S/c23-17-8-2-1-6-15(17)14-25-20(27)11-13-26-18-9-3-4-10-19(18)29-21-16(22(26)28)7-5-12-24-21/h1-10,12H,11,13-14H2,(H,25,27). The first-order valence-electron chi connectivity index (χ1n) is 9.17. The molecule has 0 saturated carbocycles. The van der Waals surface area contributed by atoms with Gasteiger partial charge in [0.1, 0.15) is 5.03 Å². The Morgan fingerprint density at radius 2 is 1.86 bits per heavy atom. The van der Waals surface area contributed by atoms with E-state index in [0.29, 0.717) is 22.2 Å². The summed E-state index contributed by atoms with van der Waals surface area (Å²) in [5.74, 6) is -0.289. The molecule has 1 N–H and O–H groups in total. The molecule has 146 valence electrons. The molecule has 7 heteroatoms. The Kier molecular flexibility index (Phi) is 5.83. The third-order valence-electron chi connectivity index (χ3n) is 4.61. The third-order valence-corrected chi connectivity index (χ3v) is 6.06. The van der Waals surface area contributed by atoms with Crippen molar-refractivity contribution in [3.63, 3.8) is 0 Å². The Labute approximate surface area is 178 Å². The SMILES string of the molecule is O=C(CCN1C(=O)c2cccnc2Sc2ccccc21)NCc1ccccc1Cl. The monoisotopic (exact) mass is 423 g/mol. The van der Waals surface area contributed by atoms with Gasteiger partial charge in [-0.05, 0) is 35.9 Å². The maximum atomic E-state index is 13.2. The van der Waals surface area contributed by atoms with Crippen molar-refractivity contribution >= 4 is 40.9 Å². The van der Waals surface area contributed by atoms with Crippen molar-refractivity contribution in [1.29, 1.82) is 0 Å². The Balaban J connectivity index is 1.49. The first-order chi connectivity index (χ1) is 14.1. The highest BCUT2D eigenvalue weighted by molar-refractivity contribution is 7.99. The van der Waals surface area contributed by atoms with Gasteiger partial charge >= 0.3 is 0 Å². The van der Waals surface area contributed by atoms with Crippen LogP contribution in [0.2, 0.25) is 5.02 Å². The van der Waals surface area contributed by atoms with Gasteiger partial charge in [0.15, 0.2) is 0 Å². The van der Waals surface area contributed by atoms with Crippen LogP contribution in [0.5, 0.6) is 0 Å². The molecule has 3 aromatic rings. The van der Waals surface area contributed by atoms with Gasteiger partial charge < -0.3 is 10.2 Å². The second-order valence-corrected chi connectivity index (χ2v) is 7.94. The summed E-state index contributed by atoms with van der Waals surface area (Å²) in [6.45, 7) is 0.630. The summed E-state index contributed by atoms with van der Waals surface area (Å²) < 4.78 is 0. The van der Waals surface area contributed by atoms with Crippen LogP contribution < -0.4 is 10.2 Å². The van der Waals surface area contributed by atoms with Crippen LogP contribution in [0.3, 0.4) is 0 Å². The summed E-state index contributed by atoms with van der Waals surface area (Å²) in [4.78, 5) is 32.5. The number of nitrogens with zero attached hydrogens (tertiary/aromatic N) is 2. The molecule has 0 fully saturated rings. The summed E-state index contributed by atoms with van der Waals surface area (Å²) in [6, 6.07) is 18.6. The number of nitrogens with one attached hydrogen (secondary N) is 1. The lowest BCUT2D eigenvalue weighted by Crippen LogP contribution is -2.35. The van der Waals surface area contributed by atoms with Gasteiger partial charge in [-0.1, -0.05) is 53.7 Å². The number of benzene rings is 2. The first kappa shape index (κ1) is 19.5. The fourth-order valence-corrected chi connectivity index (χ4v) is 4.34. The number of carbonyl (C=O) groups excluding carboxylic acids is 2. The van der Waals surface area contributed by atoms with Crippen molar-refractivity contribution in [2.75, 3.05) is 11.4 Å². The highest BCUT2D eigenvalue weighted by Gasteiger charge is 2.28. The normalized spacial score (nSPS) is 12.7. The minimum atomic E-state index is -0.149. The van der Waals surface area contributed by atoms with Crippen LogP contribution in [0, 0.1) is 0 Å². The predicted molar refractivity (Wildman–Crippen MR) is 114 cm³/mol. The van der Waals surface area contributed by atoms with Gasteiger partial charge in [0.25, 0.3) is 5.91 Å². The Bertz CT molecular complexity index is 1070. The number of halogens is 1. The Morgan fingerprint density at radius 1 is 1.07 bits per heavy atom. The number of anilines is 1. The van der Waals surface area contributed by atoms with Gasteiger partial charge in [0, 0.05) is 35.6 Å². The second-order valence-electron chi connectivity index (χ2n) is 6.50. The lowest BCUT2D eigenvalue weighted by Gasteiger charge is -2.22. The zero-order valence-corrected chi connectivity index (χ0v) is 17.0. The van der Waals surface area contributed by atoms with Crippen LogP contribution in [0.1, 0.15) is 22.3 Å². The van der Waals surface area contributed by atoms with Crippen molar-refractivity contribution < 1.29 is 9.59 Å². The highest BCUT2D eigenvalue weighted by atomic mass is 35.5. The maximum Gasteiger partial charge on any atom is 0.261 e. The number of rotatable bonds is 5. The molecular formula is C22H18ClN3O2S. The lowest BCUT2D eigenvalue weighted by molar-refractivity contribution is -0.121. The summed E-state index contributed by atoms with van der Waals surface area (Å²) >= 11 is 7.60. The third kappa shape index (κ3) is 4.28. The molecule has 0 spiro atoms. The van der Waals surface area contributed by atoms with Crippen molar-refractivity contribution in [3.8, 4) is 0 Å². The minimum absolute atomic E-state index is 0.140. The smallest absolute Gasteiger partial charge is 0.261 e. The molecule has 0 saturated heterocycles. The van der Waals surface area contributed by atoms with E-state index in [-0.39, 0.29) is 24.8 Å². The Hall–Kier alpha value is -2.83. The molecule has 1 aliphatic rings. The number of amides is 2. The van der Waals surface area contributed by atoms with E-state index in [1.54, 1.807) is 29.3 Å². The summed E-state index contributed by atoms with van der Waals surface area (Å²) in [6.07, 6.45) is 1.87. The molecule has 1 aliphatic heterocycles. The van der Waals surface area contributed by atoms with E-state index >= 15 is 0 Å². The minimum Gasteiger partial charge on any atom is -0.352 e. The quantitative estimate of drug-likeness (QED) is 0.653. The number of carbonyl (C=O) groups is 2. The van der Waals surface area contributed by atoms with Gasteiger partial charge in [-0.15, -0.1) is 0 Å². The van der Waals surface area contributed by atoms with Crippen LogP contribution >= 0.6 is 23.4 Å². The van der Waals surface area contributed by atoms with Gasteiger partial charge in [-0.3, -0.25) is 9.59 Å². The summed E-state index contributed by atoms with van der Waals surface area (Å²) in [7, 11) is 0. The average molecular weight is 424 g/mol. The largest absolute Gasteiger partial charge is 0.352 e. The lowest BCUT2D eigenvalue weighted by atomic mass is 10.2. The molecule has 0 radical (unpaired) electrons. The van der Waals surface area contributed by atoms with Crippen molar-refractivity contribution in [1.82, 2.24) is 10.3 Å². The zero-order chi connectivity index (χ0) is 20.2. The fraction of sp³-hybridized carbons (Fsp3) is 0.136. The van der Waals surface area contributed by atoms with Crippen LogP contribution in [-0.2, 0) is 11.3 Å². The molecule has 5 nitrogen and oxygen atoms in total. The van der Waals surface area contributed by atoms with Crippen molar-refractivity contribution in [2.45, 2.75) is 22.9 Å². The summed E-state index contributed by atoms with van der Waals surface area (Å²) in [5, 5.41) is 4.17. The number of para-hydroxylation sites is 1. The van der Waals surface area contributed by atoms with E-state index < -0.39 is 0 Å². The molecule has 2 heterocycles. The van der Waals surface area contributed by atoms with Crippen LogP contribution in [0.25, 0.3) is 0 Å². The van der Waals surface area contributed by atoms with E-state index in [2.05, 4.69) is 10.3 Å². The summed E-state index contributed by atoms with van der Waals surface area (Å²) in [5.41, 5.74) is 2.19. The Morgan fingerprint density at radius 3 is 2.72 bits per heavy atom. The number of aromatic nitrogens is 1. The van der Waals surface area contributed by atoms with E-state index in [9.17, 15) is 9.59 Å². The van der Waals surface area contributed by atoms with E-state index in [1.807, 2.05) is 42.5 Å². The van der Waals surface area contributed by atoms with Gasteiger partial charge in [-0.25, -0.2) is 4.98 Å². The zero-order valence-electron chi connectivity index (χ0n) is 15.5. The van der Waals surface area contributed by atoms with Crippen molar-refractivity contribution in [2.24, 2.45) is 0 Å². The van der Waals surface area contributed by atoms with Gasteiger partial charge in [0.05, 0.1) is 11.3 Å². The van der Waals surface area contributed by atoms with Crippen LogP contribution in [0.4, 0.5) is 5.69 Å². The van der Waals surface area contributed by atoms with Gasteiger partial charge in [-0.2, -0.15) is 0 Å². The molecule has 1 aromatic heterocycles. The molecule has 4 rings (SSSR count). The number of hydrogen-bond donors (Lipinski definition) is 1. The van der Waals surface area contributed by atoms with Gasteiger partial charge in [0.2, 0.25) is 5.91 Å². The average Bonchev–Trinajstić information content (AvgIpc) is 2.86. The maximum absolute atomic E-state index is 13.2. The van der Waals surface area contributed by atoms with E-state index in [0.717, 1.165) is 16.1 Å². The molecule has 29 heavy (non-hydrogen) atoms.